The van der Waals surface area contributed by atoms with Crippen LogP contribution in [0.1, 0.15) is 28.3 Å². The molecular formula is C18H23BrN2. The van der Waals surface area contributed by atoms with Gasteiger partial charge in [0.1, 0.15) is 0 Å². The largest absolute Gasteiger partial charge is 0.329 e. The molecule has 0 aliphatic carbocycles. The Kier molecular flexibility index (Phi) is 5.57. The van der Waals surface area contributed by atoms with E-state index >= 15 is 0 Å². The Hall–Kier alpha value is -1.16. The number of benzene rings is 2. The van der Waals surface area contributed by atoms with E-state index in [4.69, 9.17) is 5.73 Å². The van der Waals surface area contributed by atoms with Crippen molar-refractivity contribution in [1.82, 2.24) is 4.90 Å². The molecule has 0 spiro atoms. The van der Waals surface area contributed by atoms with E-state index in [-0.39, 0.29) is 6.04 Å². The summed E-state index contributed by atoms with van der Waals surface area (Å²) < 4.78 is 1.11. The third-order valence-corrected chi connectivity index (χ3v) is 4.54. The van der Waals surface area contributed by atoms with Crippen LogP contribution < -0.4 is 5.73 Å². The third kappa shape index (κ3) is 4.16. The normalized spacial score (nSPS) is 12.7. The van der Waals surface area contributed by atoms with Crippen molar-refractivity contribution in [3.63, 3.8) is 0 Å². The van der Waals surface area contributed by atoms with Crippen molar-refractivity contribution in [1.29, 1.82) is 0 Å². The van der Waals surface area contributed by atoms with Crippen LogP contribution in [0.25, 0.3) is 0 Å². The number of halogens is 1. The van der Waals surface area contributed by atoms with E-state index in [0.29, 0.717) is 6.54 Å². The molecule has 3 heteroatoms. The minimum atomic E-state index is 0.243. The molecule has 0 aliphatic heterocycles. The molecule has 0 radical (unpaired) electrons. The summed E-state index contributed by atoms with van der Waals surface area (Å²) in [5.74, 6) is 0. The molecule has 112 valence electrons. The van der Waals surface area contributed by atoms with Gasteiger partial charge in [-0.15, -0.1) is 0 Å². The maximum absolute atomic E-state index is 6.02. The summed E-state index contributed by atoms with van der Waals surface area (Å²) in [6.45, 7) is 5.81. The van der Waals surface area contributed by atoms with Crippen molar-refractivity contribution in [2.24, 2.45) is 5.73 Å². The van der Waals surface area contributed by atoms with Gasteiger partial charge in [0.2, 0.25) is 0 Å². The first kappa shape index (κ1) is 16.2. The van der Waals surface area contributed by atoms with E-state index in [2.05, 4.69) is 84.2 Å². The first-order valence-electron chi connectivity index (χ1n) is 7.23. The molecule has 2 N–H and O–H groups in total. The summed E-state index contributed by atoms with van der Waals surface area (Å²) in [7, 11) is 2.13. The fourth-order valence-corrected chi connectivity index (χ4v) is 2.79. The molecule has 2 nitrogen and oxygen atoms in total. The second kappa shape index (κ2) is 7.21. The van der Waals surface area contributed by atoms with Gasteiger partial charge in [-0.3, -0.25) is 4.90 Å². The highest BCUT2D eigenvalue weighted by molar-refractivity contribution is 9.10. The number of rotatable bonds is 5. The average Bonchev–Trinajstić information content (AvgIpc) is 2.46. The molecule has 0 saturated carbocycles. The van der Waals surface area contributed by atoms with E-state index in [9.17, 15) is 0 Å². The SMILES string of the molecule is Cc1ccc(C(CN)N(C)Cc2ccc(Br)cc2)cc1C. The highest BCUT2D eigenvalue weighted by Gasteiger charge is 2.16. The first-order chi connectivity index (χ1) is 10.0. The number of likely N-dealkylation sites (N-methyl/N-ethyl adjacent to an activating group) is 1. The van der Waals surface area contributed by atoms with Crippen molar-refractivity contribution < 1.29 is 0 Å². The Morgan fingerprint density at radius 1 is 1.05 bits per heavy atom. The molecule has 1 unspecified atom stereocenters. The van der Waals surface area contributed by atoms with Crippen molar-refractivity contribution in [3.05, 3.63) is 69.2 Å². The Morgan fingerprint density at radius 3 is 2.29 bits per heavy atom. The van der Waals surface area contributed by atoms with Gasteiger partial charge in [0.15, 0.2) is 0 Å². The average molecular weight is 347 g/mol. The van der Waals surface area contributed by atoms with Crippen LogP contribution in [0.2, 0.25) is 0 Å². The number of aryl methyl sites for hydroxylation is 2. The molecule has 2 aromatic rings. The lowest BCUT2D eigenvalue weighted by Crippen LogP contribution is -2.30. The summed E-state index contributed by atoms with van der Waals surface area (Å²) >= 11 is 3.47. The highest BCUT2D eigenvalue weighted by Crippen LogP contribution is 2.23. The molecule has 1 atom stereocenters. The van der Waals surface area contributed by atoms with Crippen molar-refractivity contribution in [2.75, 3.05) is 13.6 Å². The van der Waals surface area contributed by atoms with E-state index in [1.807, 2.05) is 0 Å². The van der Waals surface area contributed by atoms with Crippen LogP contribution in [0.5, 0.6) is 0 Å². The van der Waals surface area contributed by atoms with Crippen LogP contribution in [0.4, 0.5) is 0 Å². The second-order valence-electron chi connectivity index (χ2n) is 5.64. The molecule has 0 amide bonds. The van der Waals surface area contributed by atoms with Crippen LogP contribution in [0, 0.1) is 13.8 Å². The van der Waals surface area contributed by atoms with Gasteiger partial charge in [0, 0.05) is 23.6 Å². The molecule has 0 heterocycles. The molecule has 0 aromatic heterocycles. The zero-order chi connectivity index (χ0) is 15.4. The van der Waals surface area contributed by atoms with Gasteiger partial charge in [-0.25, -0.2) is 0 Å². The number of nitrogens with zero attached hydrogens (tertiary/aromatic N) is 1. The molecule has 2 rings (SSSR count). The smallest absolute Gasteiger partial charge is 0.0471 e. The van der Waals surface area contributed by atoms with Crippen molar-refractivity contribution in [2.45, 2.75) is 26.4 Å². The lowest BCUT2D eigenvalue weighted by Gasteiger charge is -2.28. The molecule has 0 aliphatic rings. The Labute approximate surface area is 136 Å². The summed E-state index contributed by atoms with van der Waals surface area (Å²) in [6, 6.07) is 15.3. The Morgan fingerprint density at radius 2 is 1.71 bits per heavy atom. The topological polar surface area (TPSA) is 29.3 Å². The van der Waals surface area contributed by atoms with E-state index < -0.39 is 0 Å². The zero-order valence-electron chi connectivity index (χ0n) is 12.9. The van der Waals surface area contributed by atoms with Crippen LogP contribution >= 0.6 is 15.9 Å². The number of hydrogen-bond acceptors (Lipinski definition) is 2. The maximum atomic E-state index is 6.02. The van der Waals surface area contributed by atoms with Gasteiger partial charge in [-0.1, -0.05) is 46.3 Å². The summed E-state index contributed by atoms with van der Waals surface area (Å²) in [5.41, 5.74) is 11.3. The monoisotopic (exact) mass is 346 g/mol. The fraction of sp³-hybridized carbons (Fsp3) is 0.333. The molecule has 0 fully saturated rings. The van der Waals surface area contributed by atoms with Gasteiger partial charge < -0.3 is 5.73 Å². The van der Waals surface area contributed by atoms with Crippen molar-refractivity contribution >= 4 is 15.9 Å². The van der Waals surface area contributed by atoms with Crippen molar-refractivity contribution in [3.8, 4) is 0 Å². The molecule has 2 aromatic carbocycles. The predicted octanol–water partition coefficient (Wildman–Crippen LogP) is 4.20. The van der Waals surface area contributed by atoms with Gasteiger partial charge in [0.25, 0.3) is 0 Å². The first-order valence-corrected chi connectivity index (χ1v) is 8.02. The van der Waals surface area contributed by atoms with Gasteiger partial charge in [0.05, 0.1) is 0 Å². The quantitative estimate of drug-likeness (QED) is 0.878. The molecular weight excluding hydrogens is 324 g/mol. The third-order valence-electron chi connectivity index (χ3n) is 4.02. The van der Waals surface area contributed by atoms with Gasteiger partial charge in [-0.2, -0.15) is 0 Å². The highest BCUT2D eigenvalue weighted by atomic mass is 79.9. The lowest BCUT2D eigenvalue weighted by molar-refractivity contribution is 0.241. The lowest BCUT2D eigenvalue weighted by atomic mass is 10.00. The molecule has 0 saturated heterocycles. The van der Waals surface area contributed by atoms with Crippen LogP contribution in [-0.4, -0.2) is 18.5 Å². The molecule has 21 heavy (non-hydrogen) atoms. The van der Waals surface area contributed by atoms with E-state index in [1.54, 1.807) is 0 Å². The summed E-state index contributed by atoms with van der Waals surface area (Å²) in [6.07, 6.45) is 0. The van der Waals surface area contributed by atoms with Gasteiger partial charge >= 0.3 is 0 Å². The minimum Gasteiger partial charge on any atom is -0.329 e. The Bertz CT molecular complexity index is 593. The number of hydrogen-bond donors (Lipinski definition) is 1. The fourth-order valence-electron chi connectivity index (χ4n) is 2.53. The standard InChI is InChI=1S/C18H23BrN2/c1-13-4-7-16(10-14(13)2)18(11-20)21(3)12-15-5-8-17(19)9-6-15/h4-10,18H,11-12,20H2,1-3H3. The van der Waals surface area contributed by atoms with E-state index in [1.165, 1.54) is 22.3 Å². The summed E-state index contributed by atoms with van der Waals surface area (Å²) in [4.78, 5) is 2.31. The van der Waals surface area contributed by atoms with Crippen LogP contribution in [0.15, 0.2) is 46.9 Å². The summed E-state index contributed by atoms with van der Waals surface area (Å²) in [5, 5.41) is 0. The second-order valence-corrected chi connectivity index (χ2v) is 6.55. The zero-order valence-corrected chi connectivity index (χ0v) is 14.5. The van der Waals surface area contributed by atoms with E-state index in [0.717, 1.165) is 11.0 Å². The molecule has 0 bridgehead atoms. The maximum Gasteiger partial charge on any atom is 0.0471 e. The number of nitrogens with two attached hydrogens (primary N) is 1. The minimum absolute atomic E-state index is 0.243. The van der Waals surface area contributed by atoms with Crippen LogP contribution in [-0.2, 0) is 6.54 Å². The predicted molar refractivity (Wildman–Crippen MR) is 93.3 cm³/mol. The Balaban J connectivity index is 2.15. The van der Waals surface area contributed by atoms with Crippen LogP contribution in [0.3, 0.4) is 0 Å². The van der Waals surface area contributed by atoms with Gasteiger partial charge in [-0.05, 0) is 55.3 Å².